The molecule has 0 heterocycles. The lowest BCUT2D eigenvalue weighted by molar-refractivity contribution is 0.0625. The minimum Gasteiger partial charge on any atom is -0.497 e. The van der Waals surface area contributed by atoms with Crippen LogP contribution in [0.2, 0.25) is 39.3 Å². The maximum absolute atomic E-state index is 6.37. The van der Waals surface area contributed by atoms with E-state index >= 15 is 0 Å². The second-order valence-corrected chi connectivity index (χ2v) is 25.1. The van der Waals surface area contributed by atoms with Crippen LogP contribution >= 0.6 is 0 Å². The fourth-order valence-electron chi connectivity index (χ4n) is 7.57. The third-order valence-electron chi connectivity index (χ3n) is 9.92. The lowest BCUT2D eigenvalue weighted by atomic mass is 9.69. The van der Waals surface area contributed by atoms with Crippen molar-refractivity contribution in [3.05, 3.63) is 96.1 Å². The van der Waals surface area contributed by atoms with Gasteiger partial charge in [-0.15, -0.1) is 0 Å². The lowest BCUT2D eigenvalue weighted by Crippen LogP contribution is -2.44. The summed E-state index contributed by atoms with van der Waals surface area (Å²) in [7, 11) is 3.94. The van der Waals surface area contributed by atoms with Gasteiger partial charge in [-0.25, -0.2) is 0 Å². The molecule has 0 spiro atoms. The Labute approximate surface area is 286 Å². The Balaban J connectivity index is 1.50. The van der Waals surface area contributed by atoms with E-state index in [-0.39, 0.29) is 23.0 Å². The monoisotopic (exact) mass is 674 g/mol. The minimum absolute atomic E-state index is 0.0860. The Morgan fingerprint density at radius 2 is 0.979 bits per heavy atom. The van der Waals surface area contributed by atoms with Gasteiger partial charge < -0.3 is 23.7 Å². The van der Waals surface area contributed by atoms with Crippen LogP contribution in [0.25, 0.3) is 0 Å². The SMILES string of the molecule is COc1c(C2(CCCOCCCC3(c4cccc([Si](C)(C)C)c4OC)C=CC=CC3OC)C=CC=CC2OC)cccc1[Si](C)(C)C. The van der Waals surface area contributed by atoms with Crippen LogP contribution in [0.5, 0.6) is 11.5 Å². The molecule has 2 aromatic carbocycles. The molecule has 2 aromatic rings. The smallest absolute Gasteiger partial charge is 0.122 e. The van der Waals surface area contributed by atoms with E-state index in [0.29, 0.717) is 13.2 Å². The van der Waals surface area contributed by atoms with E-state index < -0.39 is 16.1 Å². The van der Waals surface area contributed by atoms with Gasteiger partial charge in [0.05, 0.1) is 42.6 Å². The van der Waals surface area contributed by atoms with Gasteiger partial charge in [0, 0.05) is 49.4 Å². The Bertz CT molecular complexity index is 1350. The zero-order valence-corrected chi connectivity index (χ0v) is 32.5. The van der Waals surface area contributed by atoms with E-state index in [9.17, 15) is 0 Å². The fraction of sp³-hybridized carbons (Fsp3) is 0.500. The molecule has 4 unspecified atom stereocenters. The fourth-order valence-corrected chi connectivity index (χ4v) is 10.6. The standard InChI is InChI=1S/C40H58O5Si2/c1-41-35-23-11-13-25-39(35,31-19-15-21-33(37(31)43-3)46(5,6)7)27-17-29-45-30-18-28-40(26-14-12-24-36(40)42-2)32-20-16-22-34(38(32)44-4)47(8,9)10/h11-16,19-26,35-36H,17-18,27-30H2,1-10H3. The van der Waals surface area contributed by atoms with E-state index in [2.05, 4.69) is 124 Å². The highest BCUT2D eigenvalue weighted by Crippen LogP contribution is 2.44. The van der Waals surface area contributed by atoms with E-state index in [1.165, 1.54) is 21.5 Å². The topological polar surface area (TPSA) is 46.2 Å². The Morgan fingerprint density at radius 3 is 1.32 bits per heavy atom. The molecular weight excluding hydrogens is 617 g/mol. The first-order valence-electron chi connectivity index (χ1n) is 17.1. The average molecular weight is 675 g/mol. The molecular formula is C40H58O5Si2. The number of hydrogen-bond donors (Lipinski definition) is 0. The van der Waals surface area contributed by atoms with Crippen LogP contribution < -0.4 is 19.8 Å². The third-order valence-corrected chi connectivity index (χ3v) is 13.9. The van der Waals surface area contributed by atoms with Crippen LogP contribution in [0.15, 0.2) is 85.0 Å². The summed E-state index contributed by atoms with van der Waals surface area (Å²) in [5.41, 5.74) is 1.74. The summed E-state index contributed by atoms with van der Waals surface area (Å²) in [5, 5.41) is 2.68. The number of rotatable bonds is 16. The molecule has 5 nitrogen and oxygen atoms in total. The van der Waals surface area contributed by atoms with Crippen molar-refractivity contribution in [1.82, 2.24) is 0 Å². The second kappa shape index (κ2) is 15.7. The summed E-state index contributed by atoms with van der Waals surface area (Å²) in [6, 6.07) is 13.3. The molecule has 0 N–H and O–H groups in total. The molecule has 2 aliphatic carbocycles. The second-order valence-electron chi connectivity index (χ2n) is 15.0. The molecule has 4 atom stereocenters. The zero-order valence-electron chi connectivity index (χ0n) is 30.5. The molecule has 2 aliphatic rings. The van der Waals surface area contributed by atoms with Crippen LogP contribution in [-0.2, 0) is 25.0 Å². The predicted molar refractivity (Wildman–Crippen MR) is 203 cm³/mol. The summed E-state index contributed by atoms with van der Waals surface area (Å²) < 4.78 is 30.9. The van der Waals surface area contributed by atoms with Crippen molar-refractivity contribution in [2.75, 3.05) is 41.7 Å². The Kier molecular flexibility index (Phi) is 12.4. The molecule has 256 valence electrons. The molecule has 0 aromatic heterocycles. The molecule has 0 aliphatic heterocycles. The van der Waals surface area contributed by atoms with Crippen molar-refractivity contribution in [3.8, 4) is 11.5 Å². The highest BCUT2D eigenvalue weighted by Gasteiger charge is 2.43. The van der Waals surface area contributed by atoms with Gasteiger partial charge in [0.25, 0.3) is 0 Å². The first kappa shape index (κ1) is 37.1. The van der Waals surface area contributed by atoms with Crippen LogP contribution in [0, 0.1) is 0 Å². The van der Waals surface area contributed by atoms with Gasteiger partial charge in [0.1, 0.15) is 11.5 Å². The van der Waals surface area contributed by atoms with Crippen molar-refractivity contribution < 1.29 is 23.7 Å². The molecule has 0 radical (unpaired) electrons. The maximum Gasteiger partial charge on any atom is 0.122 e. The van der Waals surface area contributed by atoms with Crippen LogP contribution in [0.1, 0.15) is 36.8 Å². The van der Waals surface area contributed by atoms with Crippen molar-refractivity contribution in [1.29, 1.82) is 0 Å². The number of hydrogen-bond acceptors (Lipinski definition) is 5. The van der Waals surface area contributed by atoms with Crippen LogP contribution in [0.3, 0.4) is 0 Å². The summed E-state index contributed by atoms with van der Waals surface area (Å²) in [5.74, 6) is 2.02. The van der Waals surface area contributed by atoms with Crippen molar-refractivity contribution in [2.24, 2.45) is 0 Å². The van der Waals surface area contributed by atoms with E-state index in [0.717, 1.165) is 37.2 Å². The highest BCUT2D eigenvalue weighted by atomic mass is 28.3. The lowest BCUT2D eigenvalue weighted by Gasteiger charge is -2.40. The molecule has 0 saturated carbocycles. The third kappa shape index (κ3) is 7.81. The summed E-state index contributed by atoms with van der Waals surface area (Å²) in [6.07, 6.45) is 20.9. The largest absolute Gasteiger partial charge is 0.497 e. The van der Waals surface area contributed by atoms with Gasteiger partial charge in [-0.05, 0) is 36.1 Å². The number of benzene rings is 2. The summed E-state index contributed by atoms with van der Waals surface area (Å²) in [4.78, 5) is 0. The van der Waals surface area contributed by atoms with Crippen LogP contribution in [-0.4, -0.2) is 70.0 Å². The molecule has 7 heteroatoms. The summed E-state index contributed by atoms with van der Waals surface area (Å²) >= 11 is 0. The van der Waals surface area contributed by atoms with E-state index in [4.69, 9.17) is 23.7 Å². The molecule has 4 rings (SSSR count). The first-order valence-corrected chi connectivity index (χ1v) is 24.1. The van der Waals surface area contributed by atoms with E-state index in [1.54, 1.807) is 28.4 Å². The first-order chi connectivity index (χ1) is 22.4. The number of para-hydroxylation sites is 2. The average Bonchev–Trinajstić information content (AvgIpc) is 3.06. The molecule has 0 bridgehead atoms. The van der Waals surface area contributed by atoms with Gasteiger partial charge in [-0.3, -0.25) is 0 Å². The van der Waals surface area contributed by atoms with Gasteiger partial charge in [0.15, 0.2) is 0 Å². The zero-order chi connectivity index (χ0) is 34.3. The van der Waals surface area contributed by atoms with Gasteiger partial charge in [-0.1, -0.05) is 124 Å². The molecule has 0 fully saturated rings. The Hall–Kier alpha value is -2.69. The highest BCUT2D eigenvalue weighted by molar-refractivity contribution is 6.89. The van der Waals surface area contributed by atoms with Crippen LogP contribution in [0.4, 0.5) is 0 Å². The quantitative estimate of drug-likeness (QED) is 0.134. The minimum atomic E-state index is -1.64. The Morgan fingerprint density at radius 1 is 0.574 bits per heavy atom. The van der Waals surface area contributed by atoms with Gasteiger partial charge in [0.2, 0.25) is 0 Å². The van der Waals surface area contributed by atoms with Gasteiger partial charge >= 0.3 is 0 Å². The van der Waals surface area contributed by atoms with Crippen molar-refractivity contribution >= 4 is 26.5 Å². The molecule has 0 saturated heterocycles. The van der Waals surface area contributed by atoms with Crippen molar-refractivity contribution in [2.45, 2.75) is 88.0 Å². The number of allylic oxidation sites excluding steroid dienone is 4. The van der Waals surface area contributed by atoms with Crippen molar-refractivity contribution in [3.63, 3.8) is 0 Å². The molecule has 47 heavy (non-hydrogen) atoms. The maximum atomic E-state index is 6.37. The van der Waals surface area contributed by atoms with E-state index in [1.807, 2.05) is 0 Å². The predicted octanol–water partition coefficient (Wildman–Crippen LogP) is 7.83. The normalized spacial score (nSPS) is 24.1. The number of ether oxygens (including phenoxy) is 5. The number of methoxy groups -OCH3 is 4. The summed E-state index contributed by atoms with van der Waals surface area (Å²) in [6.45, 7) is 15.6. The van der Waals surface area contributed by atoms with Gasteiger partial charge in [-0.2, -0.15) is 0 Å². The molecule has 0 amide bonds.